The fourth-order valence-corrected chi connectivity index (χ4v) is 4.99. The molecular weight excluding hydrogens is 474 g/mol. The first-order chi connectivity index (χ1) is 16.3. The van der Waals surface area contributed by atoms with Crippen molar-refractivity contribution < 1.29 is 13.2 Å². The van der Waals surface area contributed by atoms with E-state index in [0.29, 0.717) is 39.7 Å². The number of aromatic nitrogens is 2. The number of piperidine rings is 1. The second-order valence-electron chi connectivity index (χ2n) is 8.35. The molecule has 0 aliphatic carbocycles. The van der Waals surface area contributed by atoms with Crippen molar-refractivity contribution in [2.75, 3.05) is 37.1 Å². The molecule has 1 aliphatic heterocycles. The van der Waals surface area contributed by atoms with Gasteiger partial charge in [0.15, 0.2) is 15.7 Å². The highest BCUT2D eigenvalue weighted by Gasteiger charge is 2.18. The minimum absolute atomic E-state index is 0.0927. The highest BCUT2D eigenvalue weighted by molar-refractivity contribution is 7.89. The number of hydrogen-bond donors (Lipinski definition) is 3. The number of halogens is 1. The van der Waals surface area contributed by atoms with Gasteiger partial charge in [-0.05, 0) is 61.2 Å². The van der Waals surface area contributed by atoms with Crippen molar-refractivity contribution in [2.24, 2.45) is 0 Å². The summed E-state index contributed by atoms with van der Waals surface area (Å²) in [7, 11) is -1.57. The van der Waals surface area contributed by atoms with Crippen molar-refractivity contribution in [3.8, 4) is 5.75 Å². The lowest BCUT2D eigenvalue weighted by molar-refractivity contribution is 0.413. The van der Waals surface area contributed by atoms with E-state index in [4.69, 9.17) is 16.3 Å². The van der Waals surface area contributed by atoms with Crippen LogP contribution in [0.25, 0.3) is 0 Å². The van der Waals surface area contributed by atoms with Crippen LogP contribution in [0.15, 0.2) is 48.7 Å². The number of para-hydroxylation sites is 1. The average Bonchev–Trinajstić information content (AvgIpc) is 2.82. The molecule has 0 amide bonds. The molecule has 2 heterocycles. The standard InChI is InChI=1S/C24H28ClN5O3S/c1-33-22-13-17(16-9-11-26-12-10-16)7-8-21(22)29-24-27-14-19(25)23(30-24)28-20-6-4-3-5-18(20)15-34(2,31)32/h3-8,13-14,16,26H,9-12,15H2,1-2H3,(H2,27,28,29,30). The third-order valence-electron chi connectivity index (χ3n) is 5.71. The fraction of sp³-hybridized carbons (Fsp3) is 0.333. The van der Waals surface area contributed by atoms with Gasteiger partial charge in [0.05, 0.1) is 24.7 Å². The molecule has 4 rings (SSSR count). The Bertz CT molecular complexity index is 1260. The summed E-state index contributed by atoms with van der Waals surface area (Å²) in [5.74, 6) is 1.83. The molecule has 2 aromatic carbocycles. The lowest BCUT2D eigenvalue weighted by Crippen LogP contribution is -2.26. The molecular formula is C24H28ClN5O3S. The maximum Gasteiger partial charge on any atom is 0.229 e. The summed E-state index contributed by atoms with van der Waals surface area (Å²) in [6.45, 7) is 2.05. The van der Waals surface area contributed by atoms with Crippen LogP contribution in [0.5, 0.6) is 5.75 Å². The van der Waals surface area contributed by atoms with Gasteiger partial charge in [-0.2, -0.15) is 4.98 Å². The lowest BCUT2D eigenvalue weighted by Gasteiger charge is -2.24. The van der Waals surface area contributed by atoms with Crippen LogP contribution >= 0.6 is 11.6 Å². The normalized spacial score (nSPS) is 14.6. The van der Waals surface area contributed by atoms with E-state index in [0.717, 1.165) is 31.6 Å². The number of nitrogens with one attached hydrogen (secondary N) is 3. The van der Waals surface area contributed by atoms with Gasteiger partial charge in [0, 0.05) is 11.9 Å². The fourth-order valence-electron chi connectivity index (χ4n) is 4.03. The Balaban J connectivity index is 1.56. The molecule has 180 valence electrons. The Morgan fingerprint density at radius 1 is 1.12 bits per heavy atom. The zero-order chi connectivity index (χ0) is 24.1. The first kappa shape index (κ1) is 24.3. The summed E-state index contributed by atoms with van der Waals surface area (Å²) in [5.41, 5.74) is 3.24. The van der Waals surface area contributed by atoms with Gasteiger partial charge in [0.25, 0.3) is 0 Å². The summed E-state index contributed by atoms with van der Waals surface area (Å²) in [6.07, 6.45) is 4.90. The van der Waals surface area contributed by atoms with Crippen LogP contribution < -0.4 is 20.7 Å². The molecule has 1 aromatic heterocycles. The van der Waals surface area contributed by atoms with Crippen molar-refractivity contribution in [3.05, 3.63) is 64.8 Å². The highest BCUT2D eigenvalue weighted by atomic mass is 35.5. The Morgan fingerprint density at radius 2 is 1.88 bits per heavy atom. The van der Waals surface area contributed by atoms with E-state index in [1.807, 2.05) is 12.1 Å². The monoisotopic (exact) mass is 501 g/mol. The Kier molecular flexibility index (Phi) is 7.55. The van der Waals surface area contributed by atoms with Crippen molar-refractivity contribution in [2.45, 2.75) is 24.5 Å². The predicted molar refractivity (Wildman–Crippen MR) is 136 cm³/mol. The van der Waals surface area contributed by atoms with Crippen molar-refractivity contribution in [1.82, 2.24) is 15.3 Å². The summed E-state index contributed by atoms with van der Waals surface area (Å²) in [5, 5.41) is 10.1. The molecule has 34 heavy (non-hydrogen) atoms. The summed E-state index contributed by atoms with van der Waals surface area (Å²) < 4.78 is 29.2. The molecule has 0 spiro atoms. The number of benzene rings is 2. The smallest absolute Gasteiger partial charge is 0.229 e. The van der Waals surface area contributed by atoms with E-state index >= 15 is 0 Å². The molecule has 1 saturated heterocycles. The lowest BCUT2D eigenvalue weighted by atomic mass is 9.90. The molecule has 1 fully saturated rings. The number of methoxy groups -OCH3 is 1. The van der Waals surface area contributed by atoms with Crippen molar-refractivity contribution in [1.29, 1.82) is 0 Å². The third-order valence-corrected chi connectivity index (χ3v) is 6.83. The SMILES string of the molecule is COc1cc(C2CCNCC2)ccc1Nc1ncc(Cl)c(Nc2ccccc2CS(C)(=O)=O)n1. The molecule has 1 aliphatic rings. The van der Waals surface area contributed by atoms with Crippen LogP contribution in [0.3, 0.4) is 0 Å². The molecule has 10 heteroatoms. The van der Waals surface area contributed by atoms with E-state index < -0.39 is 9.84 Å². The number of sulfone groups is 1. The molecule has 0 unspecified atom stereocenters. The van der Waals surface area contributed by atoms with Gasteiger partial charge in [-0.15, -0.1) is 0 Å². The van der Waals surface area contributed by atoms with Crippen LogP contribution in [0.4, 0.5) is 23.1 Å². The second-order valence-corrected chi connectivity index (χ2v) is 10.9. The maximum absolute atomic E-state index is 11.8. The molecule has 3 N–H and O–H groups in total. The summed E-state index contributed by atoms with van der Waals surface area (Å²) in [4.78, 5) is 8.80. The number of rotatable bonds is 8. The van der Waals surface area contributed by atoms with Crippen molar-refractivity contribution in [3.63, 3.8) is 0 Å². The van der Waals surface area contributed by atoms with Gasteiger partial charge in [0.1, 0.15) is 10.8 Å². The van der Waals surface area contributed by atoms with Gasteiger partial charge in [-0.25, -0.2) is 13.4 Å². The minimum Gasteiger partial charge on any atom is -0.495 e. The quantitative estimate of drug-likeness (QED) is 0.410. The van der Waals surface area contributed by atoms with Crippen molar-refractivity contribution >= 4 is 44.6 Å². The van der Waals surface area contributed by atoms with Gasteiger partial charge < -0.3 is 20.7 Å². The van der Waals surface area contributed by atoms with Crippen LogP contribution in [-0.2, 0) is 15.6 Å². The zero-order valence-electron chi connectivity index (χ0n) is 19.1. The second kappa shape index (κ2) is 10.6. The molecule has 0 radical (unpaired) electrons. The van der Waals surface area contributed by atoms with Crippen LogP contribution in [0, 0.1) is 0 Å². The summed E-state index contributed by atoms with van der Waals surface area (Å²) in [6, 6.07) is 13.3. The topological polar surface area (TPSA) is 105 Å². The minimum atomic E-state index is -3.21. The van der Waals surface area contributed by atoms with Crippen LogP contribution in [0.2, 0.25) is 5.02 Å². The number of anilines is 4. The van der Waals surface area contributed by atoms with Gasteiger partial charge in [-0.3, -0.25) is 0 Å². The number of ether oxygens (including phenoxy) is 1. The molecule has 0 atom stereocenters. The van der Waals surface area contributed by atoms with E-state index in [-0.39, 0.29) is 5.75 Å². The van der Waals surface area contributed by atoms with Gasteiger partial charge >= 0.3 is 0 Å². The maximum atomic E-state index is 11.8. The largest absolute Gasteiger partial charge is 0.495 e. The Hall–Kier alpha value is -2.88. The zero-order valence-corrected chi connectivity index (χ0v) is 20.7. The van der Waals surface area contributed by atoms with Gasteiger partial charge in [0.2, 0.25) is 5.95 Å². The Morgan fingerprint density at radius 3 is 2.62 bits per heavy atom. The molecule has 0 bridgehead atoms. The number of hydrogen-bond acceptors (Lipinski definition) is 8. The van der Waals surface area contributed by atoms with E-state index in [1.165, 1.54) is 18.0 Å². The average molecular weight is 502 g/mol. The van der Waals surface area contributed by atoms with E-state index in [9.17, 15) is 8.42 Å². The number of nitrogens with zero attached hydrogens (tertiary/aromatic N) is 2. The predicted octanol–water partition coefficient (Wildman–Crippen LogP) is 4.64. The van der Waals surface area contributed by atoms with Crippen LogP contribution in [-0.4, -0.2) is 44.8 Å². The highest BCUT2D eigenvalue weighted by Crippen LogP contribution is 2.34. The van der Waals surface area contributed by atoms with Gasteiger partial charge in [-0.1, -0.05) is 35.9 Å². The van der Waals surface area contributed by atoms with Crippen LogP contribution in [0.1, 0.15) is 29.9 Å². The van der Waals surface area contributed by atoms with E-state index in [1.54, 1.807) is 25.3 Å². The molecule has 8 nitrogen and oxygen atoms in total. The molecule has 0 saturated carbocycles. The first-order valence-electron chi connectivity index (χ1n) is 11.0. The molecule has 3 aromatic rings. The Labute approximate surface area is 205 Å². The third kappa shape index (κ3) is 6.16. The van der Waals surface area contributed by atoms with E-state index in [2.05, 4.69) is 38.1 Å². The summed E-state index contributed by atoms with van der Waals surface area (Å²) >= 11 is 6.34. The first-order valence-corrected chi connectivity index (χ1v) is 13.5.